The lowest BCUT2D eigenvalue weighted by Gasteiger charge is -2.36. The zero-order chi connectivity index (χ0) is 13.1. The molecule has 0 spiro atoms. The second-order valence-electron chi connectivity index (χ2n) is 5.66. The molecule has 1 aliphatic heterocycles. The molecule has 1 saturated carbocycles. The highest BCUT2D eigenvalue weighted by atomic mass is 16.4. The Balaban J connectivity index is 1.87. The van der Waals surface area contributed by atoms with E-state index < -0.39 is 12.0 Å². The molecule has 0 aromatic heterocycles. The van der Waals surface area contributed by atoms with E-state index in [1.165, 1.54) is 24.2 Å². The number of rotatable bonds is 3. The van der Waals surface area contributed by atoms with Gasteiger partial charge < -0.3 is 15.3 Å². The number of urea groups is 1. The van der Waals surface area contributed by atoms with E-state index in [1.807, 2.05) is 6.92 Å². The molecule has 2 aliphatic rings. The fourth-order valence-corrected chi connectivity index (χ4v) is 2.65. The van der Waals surface area contributed by atoms with Gasteiger partial charge in [0.1, 0.15) is 6.04 Å². The Morgan fingerprint density at radius 3 is 2.61 bits per heavy atom. The summed E-state index contributed by atoms with van der Waals surface area (Å²) >= 11 is 0. The fraction of sp³-hybridized carbons (Fsp3) is 0.846. The third kappa shape index (κ3) is 2.94. The molecular formula is C13H22N2O3. The second-order valence-corrected chi connectivity index (χ2v) is 5.66. The number of nitrogens with zero attached hydrogens (tertiary/aromatic N) is 1. The monoisotopic (exact) mass is 254 g/mol. The molecule has 2 unspecified atom stereocenters. The number of nitrogens with one attached hydrogen (secondary N) is 1. The standard InChI is InChI=1S/C13H22N2O3/c1-9-5-6-15(11(7-9)12(16)17)13(18)14-8-10-3-2-4-10/h9-11H,2-8H2,1H3,(H,14,18)(H,16,17). The molecule has 2 N–H and O–H groups in total. The number of carbonyl (C=O) groups is 2. The van der Waals surface area contributed by atoms with Crippen LogP contribution in [0.3, 0.4) is 0 Å². The molecule has 18 heavy (non-hydrogen) atoms. The molecule has 2 rings (SSSR count). The van der Waals surface area contributed by atoms with Gasteiger partial charge in [0.15, 0.2) is 0 Å². The Labute approximate surface area is 108 Å². The molecule has 2 fully saturated rings. The largest absolute Gasteiger partial charge is 0.480 e. The predicted octanol–water partition coefficient (Wildman–Crippen LogP) is 1.68. The van der Waals surface area contributed by atoms with Gasteiger partial charge in [0.05, 0.1) is 0 Å². The molecule has 0 aromatic rings. The summed E-state index contributed by atoms with van der Waals surface area (Å²) in [7, 11) is 0. The van der Waals surface area contributed by atoms with Crippen LogP contribution < -0.4 is 5.32 Å². The summed E-state index contributed by atoms with van der Waals surface area (Å²) in [5, 5.41) is 12.1. The van der Waals surface area contributed by atoms with Crippen LogP contribution in [-0.4, -0.2) is 41.1 Å². The Bertz CT molecular complexity index is 328. The van der Waals surface area contributed by atoms with E-state index in [0.29, 0.717) is 31.3 Å². The molecule has 0 aromatic carbocycles. The van der Waals surface area contributed by atoms with E-state index in [-0.39, 0.29) is 6.03 Å². The Morgan fingerprint density at radius 2 is 2.06 bits per heavy atom. The number of amides is 2. The van der Waals surface area contributed by atoms with E-state index in [2.05, 4.69) is 5.32 Å². The van der Waals surface area contributed by atoms with Gasteiger partial charge in [0, 0.05) is 13.1 Å². The topological polar surface area (TPSA) is 69.6 Å². The number of carboxylic acid groups (broad SMARTS) is 1. The van der Waals surface area contributed by atoms with E-state index in [4.69, 9.17) is 0 Å². The minimum absolute atomic E-state index is 0.207. The van der Waals surface area contributed by atoms with Crippen LogP contribution in [0, 0.1) is 11.8 Å². The Kier molecular flexibility index (Phi) is 4.09. The van der Waals surface area contributed by atoms with Crippen molar-refractivity contribution in [1.82, 2.24) is 10.2 Å². The molecule has 5 heteroatoms. The minimum atomic E-state index is -0.889. The zero-order valence-corrected chi connectivity index (χ0v) is 10.9. The van der Waals surface area contributed by atoms with Crippen LogP contribution in [0.2, 0.25) is 0 Å². The quantitative estimate of drug-likeness (QED) is 0.805. The number of piperidine rings is 1. The number of carboxylic acids is 1. The first-order chi connectivity index (χ1) is 8.58. The van der Waals surface area contributed by atoms with Gasteiger partial charge in [-0.2, -0.15) is 0 Å². The highest BCUT2D eigenvalue weighted by molar-refractivity contribution is 5.82. The summed E-state index contributed by atoms with van der Waals surface area (Å²) in [6.07, 6.45) is 5.06. The Hall–Kier alpha value is -1.26. The molecule has 2 amide bonds. The summed E-state index contributed by atoms with van der Waals surface area (Å²) in [5.74, 6) is 0.0862. The highest BCUT2D eigenvalue weighted by Crippen LogP contribution is 2.26. The predicted molar refractivity (Wildman–Crippen MR) is 67.3 cm³/mol. The minimum Gasteiger partial charge on any atom is -0.480 e. The summed E-state index contributed by atoms with van der Waals surface area (Å²) in [6.45, 7) is 3.28. The fourth-order valence-electron chi connectivity index (χ4n) is 2.65. The van der Waals surface area contributed by atoms with Gasteiger partial charge in [-0.25, -0.2) is 9.59 Å². The first kappa shape index (κ1) is 13.2. The summed E-state index contributed by atoms with van der Waals surface area (Å²) in [4.78, 5) is 24.7. The van der Waals surface area contributed by atoms with E-state index in [9.17, 15) is 14.7 Å². The SMILES string of the molecule is CC1CCN(C(=O)NCC2CCC2)C(C(=O)O)C1. The van der Waals surface area contributed by atoms with Crippen LogP contribution in [0.25, 0.3) is 0 Å². The van der Waals surface area contributed by atoms with Crippen LogP contribution >= 0.6 is 0 Å². The van der Waals surface area contributed by atoms with Crippen molar-refractivity contribution in [3.8, 4) is 0 Å². The van der Waals surface area contributed by atoms with Crippen molar-refractivity contribution in [2.45, 2.75) is 45.1 Å². The van der Waals surface area contributed by atoms with E-state index in [0.717, 1.165) is 6.42 Å². The van der Waals surface area contributed by atoms with Gasteiger partial charge in [0.25, 0.3) is 0 Å². The van der Waals surface area contributed by atoms with Crippen LogP contribution in [0.1, 0.15) is 39.0 Å². The Morgan fingerprint density at radius 1 is 1.33 bits per heavy atom. The van der Waals surface area contributed by atoms with Crippen LogP contribution in [0.15, 0.2) is 0 Å². The van der Waals surface area contributed by atoms with Gasteiger partial charge in [-0.1, -0.05) is 13.3 Å². The van der Waals surface area contributed by atoms with E-state index >= 15 is 0 Å². The molecule has 1 aliphatic carbocycles. The van der Waals surface area contributed by atoms with Crippen molar-refractivity contribution in [1.29, 1.82) is 0 Å². The van der Waals surface area contributed by atoms with Crippen molar-refractivity contribution >= 4 is 12.0 Å². The van der Waals surface area contributed by atoms with Gasteiger partial charge in [-0.3, -0.25) is 0 Å². The van der Waals surface area contributed by atoms with Gasteiger partial charge in [-0.15, -0.1) is 0 Å². The summed E-state index contributed by atoms with van der Waals surface area (Å²) < 4.78 is 0. The first-order valence-electron chi connectivity index (χ1n) is 6.85. The van der Waals surface area contributed by atoms with Crippen LogP contribution in [0.5, 0.6) is 0 Å². The molecule has 2 atom stereocenters. The average Bonchev–Trinajstić information content (AvgIpc) is 2.26. The third-order valence-corrected chi connectivity index (χ3v) is 4.18. The maximum Gasteiger partial charge on any atom is 0.326 e. The molecular weight excluding hydrogens is 232 g/mol. The lowest BCUT2D eigenvalue weighted by molar-refractivity contribution is -0.143. The lowest BCUT2D eigenvalue weighted by atomic mass is 9.85. The number of carbonyl (C=O) groups excluding carboxylic acids is 1. The van der Waals surface area contributed by atoms with Crippen molar-refractivity contribution in [2.75, 3.05) is 13.1 Å². The first-order valence-corrected chi connectivity index (χ1v) is 6.85. The molecule has 0 bridgehead atoms. The van der Waals surface area contributed by atoms with Crippen LogP contribution in [-0.2, 0) is 4.79 Å². The number of hydrogen-bond acceptors (Lipinski definition) is 2. The molecule has 1 heterocycles. The lowest BCUT2D eigenvalue weighted by Crippen LogP contribution is -2.54. The smallest absolute Gasteiger partial charge is 0.326 e. The molecule has 5 nitrogen and oxygen atoms in total. The normalized spacial score (nSPS) is 28.6. The highest BCUT2D eigenvalue weighted by Gasteiger charge is 2.34. The van der Waals surface area contributed by atoms with Gasteiger partial charge in [0.2, 0.25) is 0 Å². The van der Waals surface area contributed by atoms with Crippen LogP contribution in [0.4, 0.5) is 4.79 Å². The summed E-state index contributed by atoms with van der Waals surface area (Å²) in [5.41, 5.74) is 0. The second kappa shape index (κ2) is 5.59. The van der Waals surface area contributed by atoms with Crippen molar-refractivity contribution in [3.63, 3.8) is 0 Å². The summed E-state index contributed by atoms with van der Waals surface area (Å²) in [6, 6.07) is -0.864. The zero-order valence-electron chi connectivity index (χ0n) is 10.9. The van der Waals surface area contributed by atoms with Crippen molar-refractivity contribution in [3.05, 3.63) is 0 Å². The number of likely N-dealkylation sites (tertiary alicyclic amines) is 1. The molecule has 102 valence electrons. The molecule has 1 saturated heterocycles. The van der Waals surface area contributed by atoms with E-state index in [1.54, 1.807) is 0 Å². The van der Waals surface area contributed by atoms with Gasteiger partial charge in [-0.05, 0) is 37.5 Å². The van der Waals surface area contributed by atoms with Crippen molar-refractivity contribution in [2.24, 2.45) is 11.8 Å². The third-order valence-electron chi connectivity index (χ3n) is 4.18. The van der Waals surface area contributed by atoms with Crippen molar-refractivity contribution < 1.29 is 14.7 Å². The number of hydrogen-bond donors (Lipinski definition) is 2. The van der Waals surface area contributed by atoms with Gasteiger partial charge >= 0.3 is 12.0 Å². The average molecular weight is 254 g/mol. The maximum atomic E-state index is 12.0. The molecule has 0 radical (unpaired) electrons. The number of aliphatic carboxylic acids is 1. The maximum absolute atomic E-state index is 12.0.